The largest absolute Gasteiger partial charge is 0.462 e. The molecule has 0 aliphatic heterocycles. The van der Waals surface area contributed by atoms with Gasteiger partial charge in [0, 0.05) is 15.3 Å². The van der Waals surface area contributed by atoms with E-state index in [1.165, 1.54) is 34.8 Å². The second kappa shape index (κ2) is 9.58. The van der Waals surface area contributed by atoms with E-state index in [-0.39, 0.29) is 18.3 Å². The molecule has 3 aromatic rings. The molecule has 2 heterocycles. The third kappa shape index (κ3) is 4.78. The molecule has 7 heteroatoms. The number of amides is 1. The van der Waals surface area contributed by atoms with E-state index < -0.39 is 5.97 Å². The molecule has 0 bridgehead atoms. The second-order valence-electron chi connectivity index (χ2n) is 7.17. The third-order valence-corrected chi connectivity index (χ3v) is 7.13. The van der Waals surface area contributed by atoms with Gasteiger partial charge in [-0.1, -0.05) is 18.2 Å². The van der Waals surface area contributed by atoms with Crippen molar-refractivity contribution in [2.45, 2.75) is 32.6 Å². The van der Waals surface area contributed by atoms with Crippen LogP contribution in [0.1, 0.15) is 51.0 Å². The number of carbonyl (C=O) groups is 2. The zero-order chi connectivity index (χ0) is 21.8. The molecule has 1 aliphatic rings. The number of aryl methyl sites for hydroxylation is 1. The molecule has 2 aromatic heterocycles. The zero-order valence-electron chi connectivity index (χ0n) is 17.1. The van der Waals surface area contributed by atoms with E-state index in [1.807, 2.05) is 17.5 Å². The van der Waals surface area contributed by atoms with Crippen LogP contribution in [0.25, 0.3) is 11.6 Å². The molecule has 4 rings (SSSR count). The fourth-order valence-electron chi connectivity index (χ4n) is 3.67. The molecule has 0 unspecified atom stereocenters. The Hall–Kier alpha value is -2.77. The second-order valence-corrected chi connectivity index (χ2v) is 9.25. The molecule has 1 N–H and O–H groups in total. The van der Waals surface area contributed by atoms with Crippen molar-refractivity contribution in [3.8, 4) is 0 Å². The van der Waals surface area contributed by atoms with Crippen LogP contribution in [0.5, 0.6) is 0 Å². The van der Waals surface area contributed by atoms with Crippen molar-refractivity contribution in [3.05, 3.63) is 74.0 Å². The minimum absolute atomic E-state index is 0.274. The van der Waals surface area contributed by atoms with Gasteiger partial charge >= 0.3 is 5.97 Å². The first-order valence-corrected chi connectivity index (χ1v) is 11.9. The molecule has 4 nitrogen and oxygen atoms in total. The lowest BCUT2D eigenvalue weighted by Crippen LogP contribution is -2.16. The van der Waals surface area contributed by atoms with Gasteiger partial charge in [0.25, 0.3) is 5.91 Å². The monoisotopic (exact) mass is 455 g/mol. The number of carbonyl (C=O) groups excluding carboxylic acids is 2. The number of benzene rings is 1. The van der Waals surface area contributed by atoms with E-state index in [4.69, 9.17) is 4.74 Å². The molecule has 0 spiro atoms. The first-order chi connectivity index (χ1) is 15.1. The van der Waals surface area contributed by atoms with Gasteiger partial charge in [0.1, 0.15) is 10.8 Å². The molecule has 0 saturated carbocycles. The Bertz CT molecular complexity index is 1110. The molecular weight excluding hydrogens is 433 g/mol. The summed E-state index contributed by atoms with van der Waals surface area (Å²) in [5.41, 5.74) is 2.48. The Morgan fingerprint density at radius 2 is 1.94 bits per heavy atom. The number of fused-ring (bicyclic) bond motifs is 1. The van der Waals surface area contributed by atoms with Gasteiger partial charge in [0.15, 0.2) is 0 Å². The predicted molar refractivity (Wildman–Crippen MR) is 124 cm³/mol. The maximum Gasteiger partial charge on any atom is 0.341 e. The van der Waals surface area contributed by atoms with Crippen molar-refractivity contribution in [3.63, 3.8) is 0 Å². The highest BCUT2D eigenvalue weighted by Crippen LogP contribution is 2.39. The number of ether oxygens (including phenoxy) is 1. The number of anilines is 1. The van der Waals surface area contributed by atoms with Gasteiger partial charge in [-0.15, -0.1) is 22.7 Å². The van der Waals surface area contributed by atoms with Crippen molar-refractivity contribution < 1.29 is 18.7 Å². The molecule has 0 radical (unpaired) electrons. The summed E-state index contributed by atoms with van der Waals surface area (Å²) in [6, 6.07) is 9.65. The van der Waals surface area contributed by atoms with Gasteiger partial charge in [-0.2, -0.15) is 0 Å². The smallest absolute Gasteiger partial charge is 0.341 e. The van der Waals surface area contributed by atoms with E-state index in [9.17, 15) is 14.0 Å². The topological polar surface area (TPSA) is 55.4 Å². The number of thiophene rings is 2. The fourth-order valence-corrected chi connectivity index (χ4v) is 5.60. The van der Waals surface area contributed by atoms with Crippen molar-refractivity contribution in [1.29, 1.82) is 0 Å². The van der Waals surface area contributed by atoms with Gasteiger partial charge in [0.2, 0.25) is 0 Å². The summed E-state index contributed by atoms with van der Waals surface area (Å²) in [6.07, 6.45) is 5.58. The van der Waals surface area contributed by atoms with Gasteiger partial charge < -0.3 is 10.1 Å². The maximum atomic E-state index is 13.5. The molecule has 160 valence electrons. The van der Waals surface area contributed by atoms with E-state index >= 15 is 0 Å². The summed E-state index contributed by atoms with van der Waals surface area (Å²) in [7, 11) is 0. The molecule has 0 atom stereocenters. The SMILES string of the molecule is CCOC(=O)c1c(NC(=O)/C(=C/c2cccs2)c2ccc(F)cc2)sc2c1CCCC2. The quantitative estimate of drug-likeness (QED) is 0.356. The van der Waals surface area contributed by atoms with Crippen molar-refractivity contribution in [2.24, 2.45) is 0 Å². The maximum absolute atomic E-state index is 13.5. The van der Waals surface area contributed by atoms with E-state index in [1.54, 1.807) is 25.1 Å². The van der Waals surface area contributed by atoms with Gasteiger partial charge in [-0.05, 0) is 73.4 Å². The van der Waals surface area contributed by atoms with Crippen LogP contribution in [-0.4, -0.2) is 18.5 Å². The number of hydrogen-bond donors (Lipinski definition) is 1. The minimum Gasteiger partial charge on any atom is -0.462 e. The van der Waals surface area contributed by atoms with Gasteiger partial charge in [-0.25, -0.2) is 9.18 Å². The number of hydrogen-bond acceptors (Lipinski definition) is 5. The van der Waals surface area contributed by atoms with Crippen molar-refractivity contribution >= 4 is 51.2 Å². The number of rotatable bonds is 6. The highest BCUT2D eigenvalue weighted by Gasteiger charge is 2.28. The summed E-state index contributed by atoms with van der Waals surface area (Å²) in [4.78, 5) is 28.1. The average molecular weight is 456 g/mol. The number of esters is 1. The Balaban J connectivity index is 1.71. The van der Waals surface area contributed by atoms with Crippen LogP contribution in [0.4, 0.5) is 9.39 Å². The van der Waals surface area contributed by atoms with E-state index in [0.717, 1.165) is 41.0 Å². The van der Waals surface area contributed by atoms with Crippen LogP contribution in [0.15, 0.2) is 41.8 Å². The lowest BCUT2D eigenvalue weighted by Gasteiger charge is -2.13. The zero-order valence-corrected chi connectivity index (χ0v) is 18.7. The van der Waals surface area contributed by atoms with Crippen LogP contribution >= 0.6 is 22.7 Å². The lowest BCUT2D eigenvalue weighted by molar-refractivity contribution is -0.111. The number of nitrogens with one attached hydrogen (secondary N) is 1. The fraction of sp³-hybridized carbons (Fsp3) is 0.250. The summed E-state index contributed by atoms with van der Waals surface area (Å²) < 4.78 is 18.7. The first kappa shape index (κ1) is 21.5. The first-order valence-electron chi connectivity index (χ1n) is 10.2. The van der Waals surface area contributed by atoms with Gasteiger partial charge in [0.05, 0.1) is 12.2 Å². The Labute approximate surface area is 188 Å². The normalized spacial score (nSPS) is 13.5. The Kier molecular flexibility index (Phi) is 6.63. The molecule has 0 fully saturated rings. The predicted octanol–water partition coefficient (Wildman–Crippen LogP) is 6.18. The molecule has 1 aliphatic carbocycles. The summed E-state index contributed by atoms with van der Waals surface area (Å²) in [5, 5.41) is 5.41. The van der Waals surface area contributed by atoms with Crippen molar-refractivity contribution in [2.75, 3.05) is 11.9 Å². The average Bonchev–Trinajstić information content (AvgIpc) is 3.40. The van der Waals surface area contributed by atoms with Crippen LogP contribution in [-0.2, 0) is 22.4 Å². The summed E-state index contributed by atoms with van der Waals surface area (Å²) >= 11 is 2.96. The summed E-state index contributed by atoms with van der Waals surface area (Å²) in [5.74, 6) is -1.11. The van der Waals surface area contributed by atoms with Crippen LogP contribution in [0.2, 0.25) is 0 Å². The highest BCUT2D eigenvalue weighted by molar-refractivity contribution is 7.17. The molecule has 1 amide bonds. The third-order valence-electron chi connectivity index (χ3n) is 5.11. The van der Waals surface area contributed by atoms with Crippen LogP contribution in [0.3, 0.4) is 0 Å². The lowest BCUT2D eigenvalue weighted by atomic mass is 9.95. The molecule has 0 saturated heterocycles. The van der Waals surface area contributed by atoms with Crippen molar-refractivity contribution in [1.82, 2.24) is 0 Å². The van der Waals surface area contributed by atoms with E-state index in [0.29, 0.717) is 21.7 Å². The van der Waals surface area contributed by atoms with Crippen LogP contribution in [0, 0.1) is 5.82 Å². The standard InChI is InChI=1S/C24H22FNO3S2/c1-2-29-24(28)21-18-7-3-4-8-20(18)31-23(21)26-22(27)19(14-17-6-5-13-30-17)15-9-11-16(25)12-10-15/h5-6,9-14H,2-4,7-8H2,1H3,(H,26,27)/b19-14+. The summed E-state index contributed by atoms with van der Waals surface area (Å²) in [6.45, 7) is 2.04. The molecular formula is C24H22FNO3S2. The Morgan fingerprint density at radius 1 is 1.16 bits per heavy atom. The highest BCUT2D eigenvalue weighted by atomic mass is 32.1. The molecule has 1 aromatic carbocycles. The van der Waals surface area contributed by atoms with Gasteiger partial charge in [-0.3, -0.25) is 4.79 Å². The van der Waals surface area contributed by atoms with Crippen LogP contribution < -0.4 is 5.32 Å². The molecule has 31 heavy (non-hydrogen) atoms. The van der Waals surface area contributed by atoms with E-state index in [2.05, 4.69) is 5.32 Å². The Morgan fingerprint density at radius 3 is 2.65 bits per heavy atom. The minimum atomic E-state index is -0.400. The number of halogens is 1.